The van der Waals surface area contributed by atoms with Crippen molar-refractivity contribution in [2.45, 2.75) is 0 Å². The van der Waals surface area contributed by atoms with E-state index < -0.39 is 11.7 Å². The predicted molar refractivity (Wildman–Crippen MR) is 123 cm³/mol. The molecule has 2 heterocycles. The van der Waals surface area contributed by atoms with E-state index in [2.05, 4.69) is 20.6 Å². The van der Waals surface area contributed by atoms with Crippen molar-refractivity contribution in [1.82, 2.24) is 25.1 Å². The SMILES string of the molecule is COc1ccc(-c2nnc3ccc(OCCNC(=O)COc4c(Cl)cc(F)cc4Cl)nn23)cc1. The number of aromatic nitrogens is 4. The highest BCUT2D eigenvalue weighted by molar-refractivity contribution is 6.37. The van der Waals surface area contributed by atoms with Crippen molar-refractivity contribution in [3.8, 4) is 28.8 Å². The van der Waals surface area contributed by atoms with Gasteiger partial charge in [-0.2, -0.15) is 4.52 Å². The van der Waals surface area contributed by atoms with Gasteiger partial charge in [-0.15, -0.1) is 15.3 Å². The first kappa shape index (κ1) is 23.5. The standard InChI is InChI=1S/C22H18Cl2FN5O4/c1-32-15-4-2-13(3-5-15)22-28-27-18-6-7-20(29-30(18)22)33-9-8-26-19(31)12-34-21-16(23)10-14(25)11-17(21)24/h2-7,10-11H,8-9,12H2,1H3,(H,26,31). The maximum atomic E-state index is 13.2. The summed E-state index contributed by atoms with van der Waals surface area (Å²) >= 11 is 11.8. The van der Waals surface area contributed by atoms with Crippen LogP contribution in [0.1, 0.15) is 0 Å². The fourth-order valence-electron chi connectivity index (χ4n) is 2.97. The van der Waals surface area contributed by atoms with Gasteiger partial charge >= 0.3 is 0 Å². The molecular weight excluding hydrogens is 488 g/mol. The van der Waals surface area contributed by atoms with Gasteiger partial charge in [0.05, 0.1) is 23.7 Å². The van der Waals surface area contributed by atoms with E-state index in [4.69, 9.17) is 37.4 Å². The lowest BCUT2D eigenvalue weighted by Gasteiger charge is -2.11. The van der Waals surface area contributed by atoms with Crippen LogP contribution in [0.3, 0.4) is 0 Å². The minimum atomic E-state index is -0.599. The highest BCUT2D eigenvalue weighted by Gasteiger charge is 2.13. The molecule has 0 saturated carbocycles. The van der Waals surface area contributed by atoms with Crippen LogP contribution in [-0.4, -0.2) is 52.6 Å². The molecular formula is C22H18Cl2FN5O4. The Bertz CT molecular complexity index is 1290. The number of nitrogens with zero attached hydrogens (tertiary/aromatic N) is 4. The molecule has 0 spiro atoms. The van der Waals surface area contributed by atoms with Crippen molar-refractivity contribution in [3.63, 3.8) is 0 Å². The molecule has 0 radical (unpaired) electrons. The van der Waals surface area contributed by atoms with Gasteiger partial charge in [-0.1, -0.05) is 23.2 Å². The molecule has 0 aliphatic heterocycles. The summed E-state index contributed by atoms with van der Waals surface area (Å²) in [5.41, 5.74) is 1.37. The third-order valence-corrected chi connectivity index (χ3v) is 5.13. The number of ether oxygens (including phenoxy) is 3. The van der Waals surface area contributed by atoms with Crippen molar-refractivity contribution in [1.29, 1.82) is 0 Å². The zero-order chi connectivity index (χ0) is 24.1. The van der Waals surface area contributed by atoms with Crippen molar-refractivity contribution in [2.75, 3.05) is 26.9 Å². The molecule has 0 fully saturated rings. The van der Waals surface area contributed by atoms with Crippen molar-refractivity contribution in [2.24, 2.45) is 0 Å². The number of rotatable bonds is 9. The highest BCUT2D eigenvalue weighted by atomic mass is 35.5. The summed E-state index contributed by atoms with van der Waals surface area (Å²) < 4.78 is 30.9. The monoisotopic (exact) mass is 505 g/mol. The topological polar surface area (TPSA) is 99.9 Å². The van der Waals surface area contributed by atoms with Crippen LogP contribution in [-0.2, 0) is 4.79 Å². The Morgan fingerprint density at radius 1 is 1.06 bits per heavy atom. The predicted octanol–water partition coefficient (Wildman–Crippen LogP) is 3.82. The fourth-order valence-corrected chi connectivity index (χ4v) is 3.54. The van der Waals surface area contributed by atoms with Gasteiger partial charge in [-0.05, 0) is 42.5 Å². The van der Waals surface area contributed by atoms with Crippen LogP contribution >= 0.6 is 23.2 Å². The number of methoxy groups -OCH3 is 1. The van der Waals surface area contributed by atoms with Gasteiger partial charge < -0.3 is 19.5 Å². The number of fused-ring (bicyclic) bond motifs is 1. The van der Waals surface area contributed by atoms with Crippen LogP contribution in [0.2, 0.25) is 10.0 Å². The van der Waals surface area contributed by atoms with Gasteiger partial charge in [0.15, 0.2) is 23.8 Å². The van der Waals surface area contributed by atoms with Crippen LogP contribution in [0.15, 0.2) is 48.5 Å². The Balaban J connectivity index is 1.30. The lowest BCUT2D eigenvalue weighted by Crippen LogP contribution is -2.32. The molecule has 4 aromatic rings. The van der Waals surface area contributed by atoms with Gasteiger partial charge in [0.25, 0.3) is 5.91 Å². The Morgan fingerprint density at radius 2 is 1.79 bits per heavy atom. The molecule has 9 nitrogen and oxygen atoms in total. The normalized spacial score (nSPS) is 10.8. The molecule has 0 aliphatic rings. The van der Waals surface area contributed by atoms with E-state index in [0.29, 0.717) is 17.4 Å². The third kappa shape index (κ3) is 5.46. The van der Waals surface area contributed by atoms with E-state index in [1.807, 2.05) is 24.3 Å². The summed E-state index contributed by atoms with van der Waals surface area (Å²) in [4.78, 5) is 12.0. The molecule has 176 valence electrons. The van der Waals surface area contributed by atoms with E-state index in [1.54, 1.807) is 23.8 Å². The minimum absolute atomic E-state index is 0.0226. The average Bonchev–Trinajstić information content (AvgIpc) is 3.24. The Hall–Kier alpha value is -3.63. The number of hydrogen-bond acceptors (Lipinski definition) is 7. The molecule has 0 bridgehead atoms. The van der Waals surface area contributed by atoms with Crippen LogP contribution in [0.4, 0.5) is 4.39 Å². The number of halogens is 3. The van der Waals surface area contributed by atoms with Crippen LogP contribution in [0.25, 0.3) is 17.0 Å². The quantitative estimate of drug-likeness (QED) is 0.345. The molecule has 1 amide bonds. The zero-order valence-corrected chi connectivity index (χ0v) is 19.3. The maximum absolute atomic E-state index is 13.2. The van der Waals surface area contributed by atoms with Gasteiger partial charge in [-0.25, -0.2) is 4.39 Å². The van der Waals surface area contributed by atoms with Gasteiger partial charge in [0.2, 0.25) is 5.88 Å². The second kappa shape index (κ2) is 10.5. The van der Waals surface area contributed by atoms with Crippen molar-refractivity contribution in [3.05, 3.63) is 64.4 Å². The van der Waals surface area contributed by atoms with Crippen LogP contribution in [0.5, 0.6) is 17.4 Å². The van der Waals surface area contributed by atoms with E-state index in [1.165, 1.54) is 0 Å². The first-order valence-electron chi connectivity index (χ1n) is 9.98. The minimum Gasteiger partial charge on any atom is -0.497 e. The van der Waals surface area contributed by atoms with Crippen LogP contribution in [0, 0.1) is 5.82 Å². The summed E-state index contributed by atoms with van der Waals surface area (Å²) in [6, 6.07) is 12.8. The molecule has 1 N–H and O–H groups in total. The number of carbonyl (C=O) groups excluding carboxylic acids is 1. The summed E-state index contributed by atoms with van der Waals surface area (Å²) in [5, 5.41) is 15.3. The Labute approximate surface area is 203 Å². The molecule has 0 atom stereocenters. The number of carbonyl (C=O) groups is 1. The number of hydrogen-bond donors (Lipinski definition) is 1. The first-order chi connectivity index (χ1) is 16.4. The van der Waals surface area contributed by atoms with Gasteiger partial charge in [0, 0.05) is 11.6 Å². The molecule has 2 aromatic heterocycles. The smallest absolute Gasteiger partial charge is 0.258 e. The van der Waals surface area contributed by atoms with Crippen molar-refractivity contribution >= 4 is 34.8 Å². The first-order valence-corrected chi connectivity index (χ1v) is 10.7. The summed E-state index contributed by atoms with van der Waals surface area (Å²) in [7, 11) is 1.60. The molecule has 0 saturated heterocycles. The molecule has 0 aliphatic carbocycles. The second-order valence-electron chi connectivity index (χ2n) is 6.88. The van der Waals surface area contributed by atoms with E-state index >= 15 is 0 Å². The lowest BCUT2D eigenvalue weighted by atomic mass is 10.2. The van der Waals surface area contributed by atoms with Gasteiger partial charge in [0.1, 0.15) is 18.2 Å². The van der Waals surface area contributed by atoms with Crippen LogP contribution < -0.4 is 19.5 Å². The largest absolute Gasteiger partial charge is 0.497 e. The number of benzene rings is 2. The lowest BCUT2D eigenvalue weighted by molar-refractivity contribution is -0.123. The third-order valence-electron chi connectivity index (χ3n) is 4.57. The maximum Gasteiger partial charge on any atom is 0.258 e. The van der Waals surface area contributed by atoms with E-state index in [0.717, 1.165) is 23.4 Å². The fraction of sp³-hybridized carbons (Fsp3) is 0.182. The number of amides is 1. The second-order valence-corrected chi connectivity index (χ2v) is 7.69. The summed E-state index contributed by atoms with van der Waals surface area (Å²) in [5.74, 6) is 0.618. The summed E-state index contributed by atoms with van der Waals surface area (Å²) in [6.45, 7) is 0.00379. The van der Waals surface area contributed by atoms with E-state index in [-0.39, 0.29) is 35.6 Å². The molecule has 0 unspecified atom stereocenters. The Morgan fingerprint density at radius 3 is 2.50 bits per heavy atom. The molecule has 2 aromatic carbocycles. The molecule has 34 heavy (non-hydrogen) atoms. The van der Waals surface area contributed by atoms with E-state index in [9.17, 15) is 9.18 Å². The summed E-state index contributed by atoms with van der Waals surface area (Å²) in [6.07, 6.45) is 0. The van der Waals surface area contributed by atoms with Crippen molar-refractivity contribution < 1.29 is 23.4 Å². The Kier molecular flexibility index (Phi) is 7.29. The number of nitrogens with one attached hydrogen (secondary N) is 1. The zero-order valence-electron chi connectivity index (χ0n) is 17.8. The average molecular weight is 506 g/mol. The molecule has 4 rings (SSSR count). The highest BCUT2D eigenvalue weighted by Crippen LogP contribution is 2.33. The van der Waals surface area contributed by atoms with Gasteiger partial charge in [-0.3, -0.25) is 4.79 Å². The molecule has 12 heteroatoms.